The van der Waals surface area contributed by atoms with Crippen LogP contribution < -0.4 is 5.73 Å². The highest BCUT2D eigenvalue weighted by atomic mass is 16.5. The molecule has 1 unspecified atom stereocenters. The molecule has 0 aromatic carbocycles. The van der Waals surface area contributed by atoms with Crippen molar-refractivity contribution in [3.8, 4) is 0 Å². The fourth-order valence-electron chi connectivity index (χ4n) is 1.94. The maximum atomic E-state index is 5.70. The predicted molar refractivity (Wildman–Crippen MR) is 54.9 cm³/mol. The van der Waals surface area contributed by atoms with E-state index in [-0.39, 0.29) is 6.10 Å². The van der Waals surface area contributed by atoms with Gasteiger partial charge in [-0.15, -0.1) is 0 Å². The quantitative estimate of drug-likeness (QED) is 0.781. The Balaban J connectivity index is 2.20. The molecule has 1 aliphatic heterocycles. The van der Waals surface area contributed by atoms with Gasteiger partial charge < -0.3 is 10.5 Å². The second kappa shape index (κ2) is 4.00. The van der Waals surface area contributed by atoms with Crippen molar-refractivity contribution in [3.05, 3.63) is 11.8 Å². The van der Waals surface area contributed by atoms with E-state index < -0.39 is 0 Å². The Morgan fingerprint density at radius 1 is 1.64 bits per heavy atom. The van der Waals surface area contributed by atoms with Gasteiger partial charge in [0.05, 0.1) is 11.8 Å². The Morgan fingerprint density at radius 2 is 2.50 bits per heavy atom. The van der Waals surface area contributed by atoms with E-state index >= 15 is 0 Å². The average molecular weight is 195 g/mol. The number of nitrogens with two attached hydrogens (primary N) is 1. The predicted octanol–water partition coefficient (Wildman–Crippen LogP) is 1.73. The van der Waals surface area contributed by atoms with Gasteiger partial charge in [-0.3, -0.25) is 4.68 Å². The lowest BCUT2D eigenvalue weighted by Gasteiger charge is -2.22. The summed E-state index contributed by atoms with van der Waals surface area (Å²) >= 11 is 0. The first-order valence-electron chi connectivity index (χ1n) is 5.26. The van der Waals surface area contributed by atoms with Crippen LogP contribution >= 0.6 is 0 Å². The molecule has 2 rings (SSSR count). The maximum Gasteiger partial charge on any atom is 0.145 e. The summed E-state index contributed by atoms with van der Waals surface area (Å²) in [5.74, 6) is 0.594. The molecule has 2 heterocycles. The van der Waals surface area contributed by atoms with Crippen molar-refractivity contribution >= 4 is 5.82 Å². The van der Waals surface area contributed by atoms with Crippen LogP contribution in [0.5, 0.6) is 0 Å². The Bertz CT molecular complexity index is 302. The number of hydrogen-bond donors (Lipinski definition) is 1. The second-order valence-corrected chi connectivity index (χ2v) is 3.67. The number of aryl methyl sites for hydroxylation is 1. The van der Waals surface area contributed by atoms with Crippen LogP contribution in [0.25, 0.3) is 0 Å². The monoisotopic (exact) mass is 195 g/mol. The highest BCUT2D eigenvalue weighted by Crippen LogP contribution is 2.28. The molecule has 0 spiro atoms. The SMILES string of the molecule is CCn1nc(N)cc1C1CCCCO1. The van der Waals surface area contributed by atoms with Crippen LogP contribution in [0.1, 0.15) is 38.0 Å². The van der Waals surface area contributed by atoms with Gasteiger partial charge in [-0.05, 0) is 26.2 Å². The van der Waals surface area contributed by atoms with Crippen LogP contribution in [0.3, 0.4) is 0 Å². The summed E-state index contributed by atoms with van der Waals surface area (Å²) in [4.78, 5) is 0. The lowest BCUT2D eigenvalue weighted by Crippen LogP contribution is -2.15. The normalized spacial score (nSPS) is 22.5. The molecule has 1 aromatic rings. The summed E-state index contributed by atoms with van der Waals surface area (Å²) in [7, 11) is 0. The first-order chi connectivity index (χ1) is 6.81. The van der Waals surface area contributed by atoms with E-state index in [1.807, 2.05) is 10.7 Å². The first-order valence-corrected chi connectivity index (χ1v) is 5.26. The molecule has 1 atom stereocenters. The van der Waals surface area contributed by atoms with Crippen LogP contribution in [0.4, 0.5) is 5.82 Å². The van der Waals surface area contributed by atoms with E-state index in [1.165, 1.54) is 12.8 Å². The summed E-state index contributed by atoms with van der Waals surface area (Å²) in [6, 6.07) is 1.93. The van der Waals surface area contributed by atoms with Gasteiger partial charge in [-0.1, -0.05) is 0 Å². The molecule has 4 nitrogen and oxygen atoms in total. The second-order valence-electron chi connectivity index (χ2n) is 3.67. The minimum Gasteiger partial charge on any atom is -0.382 e. The smallest absolute Gasteiger partial charge is 0.145 e. The zero-order valence-corrected chi connectivity index (χ0v) is 8.57. The zero-order chi connectivity index (χ0) is 9.97. The van der Waals surface area contributed by atoms with Crippen LogP contribution in [0.15, 0.2) is 6.07 Å². The Labute approximate surface area is 84.0 Å². The fourth-order valence-corrected chi connectivity index (χ4v) is 1.94. The summed E-state index contributed by atoms with van der Waals surface area (Å²) in [6.07, 6.45) is 3.70. The van der Waals surface area contributed by atoms with Gasteiger partial charge in [-0.25, -0.2) is 0 Å². The van der Waals surface area contributed by atoms with E-state index in [2.05, 4.69) is 12.0 Å². The number of hydrogen-bond acceptors (Lipinski definition) is 3. The zero-order valence-electron chi connectivity index (χ0n) is 8.57. The van der Waals surface area contributed by atoms with Crippen molar-refractivity contribution in [2.24, 2.45) is 0 Å². The Hall–Kier alpha value is -1.03. The van der Waals surface area contributed by atoms with Crippen molar-refractivity contribution in [1.29, 1.82) is 0 Å². The van der Waals surface area contributed by atoms with Gasteiger partial charge in [0, 0.05) is 19.2 Å². The number of aromatic nitrogens is 2. The topological polar surface area (TPSA) is 53.1 Å². The van der Waals surface area contributed by atoms with Gasteiger partial charge in [0.25, 0.3) is 0 Å². The molecule has 0 aliphatic carbocycles. The van der Waals surface area contributed by atoms with Gasteiger partial charge in [-0.2, -0.15) is 5.10 Å². The van der Waals surface area contributed by atoms with E-state index in [0.717, 1.165) is 25.3 Å². The third kappa shape index (κ3) is 1.75. The lowest BCUT2D eigenvalue weighted by atomic mass is 10.1. The van der Waals surface area contributed by atoms with Gasteiger partial charge in [0.15, 0.2) is 0 Å². The third-order valence-electron chi connectivity index (χ3n) is 2.64. The van der Waals surface area contributed by atoms with Gasteiger partial charge in [0.2, 0.25) is 0 Å². The number of rotatable bonds is 2. The number of nitrogen functional groups attached to an aromatic ring is 1. The number of nitrogens with zero attached hydrogens (tertiary/aromatic N) is 2. The maximum absolute atomic E-state index is 5.70. The molecule has 1 aromatic heterocycles. The molecular formula is C10H17N3O. The molecule has 1 saturated heterocycles. The number of anilines is 1. The van der Waals surface area contributed by atoms with Crippen molar-refractivity contribution in [1.82, 2.24) is 9.78 Å². The molecule has 0 bridgehead atoms. The first kappa shape index (κ1) is 9.52. The van der Waals surface area contributed by atoms with Crippen molar-refractivity contribution in [2.75, 3.05) is 12.3 Å². The van der Waals surface area contributed by atoms with Crippen LogP contribution in [-0.4, -0.2) is 16.4 Å². The van der Waals surface area contributed by atoms with Crippen molar-refractivity contribution in [2.45, 2.75) is 38.8 Å². The summed E-state index contributed by atoms with van der Waals surface area (Å²) in [5, 5.41) is 4.22. The molecular weight excluding hydrogens is 178 g/mol. The van der Waals surface area contributed by atoms with Gasteiger partial charge in [0.1, 0.15) is 5.82 Å². The van der Waals surface area contributed by atoms with Crippen LogP contribution in [-0.2, 0) is 11.3 Å². The fraction of sp³-hybridized carbons (Fsp3) is 0.700. The standard InChI is InChI=1S/C10H17N3O/c1-2-13-8(7-10(11)12-13)9-5-3-4-6-14-9/h7,9H,2-6H2,1H3,(H2,11,12). The average Bonchev–Trinajstić information content (AvgIpc) is 2.61. The minimum absolute atomic E-state index is 0.202. The molecule has 2 N–H and O–H groups in total. The van der Waals surface area contributed by atoms with E-state index in [9.17, 15) is 0 Å². The molecule has 1 aliphatic rings. The molecule has 1 fully saturated rings. The molecule has 0 saturated carbocycles. The Morgan fingerprint density at radius 3 is 3.14 bits per heavy atom. The summed E-state index contributed by atoms with van der Waals surface area (Å²) < 4.78 is 7.64. The van der Waals surface area contributed by atoms with E-state index in [4.69, 9.17) is 10.5 Å². The summed E-state index contributed by atoms with van der Waals surface area (Å²) in [5.41, 5.74) is 6.80. The largest absolute Gasteiger partial charge is 0.382 e. The van der Waals surface area contributed by atoms with Gasteiger partial charge >= 0.3 is 0 Å². The minimum atomic E-state index is 0.202. The van der Waals surface area contributed by atoms with E-state index in [0.29, 0.717) is 5.82 Å². The third-order valence-corrected chi connectivity index (χ3v) is 2.64. The molecule has 78 valence electrons. The number of ether oxygens (including phenoxy) is 1. The van der Waals surface area contributed by atoms with Crippen molar-refractivity contribution < 1.29 is 4.74 Å². The highest BCUT2D eigenvalue weighted by molar-refractivity contribution is 5.30. The Kier molecular flexibility index (Phi) is 2.72. The molecule has 14 heavy (non-hydrogen) atoms. The highest BCUT2D eigenvalue weighted by Gasteiger charge is 2.20. The molecule has 0 radical (unpaired) electrons. The van der Waals surface area contributed by atoms with Crippen molar-refractivity contribution in [3.63, 3.8) is 0 Å². The molecule has 4 heteroatoms. The summed E-state index contributed by atoms with van der Waals surface area (Å²) in [6.45, 7) is 3.78. The molecule has 0 amide bonds. The van der Waals surface area contributed by atoms with Crippen LogP contribution in [0, 0.1) is 0 Å². The van der Waals surface area contributed by atoms with E-state index in [1.54, 1.807) is 0 Å². The van der Waals surface area contributed by atoms with Crippen LogP contribution in [0.2, 0.25) is 0 Å². The lowest BCUT2D eigenvalue weighted by molar-refractivity contribution is 0.00957.